The molecule has 0 atom stereocenters. The predicted molar refractivity (Wildman–Crippen MR) is 221 cm³/mol. The largest absolute Gasteiger partial charge is 0.309 e. The quantitative estimate of drug-likeness (QED) is 0.172. The van der Waals surface area contributed by atoms with Crippen molar-refractivity contribution < 1.29 is 0 Å². The summed E-state index contributed by atoms with van der Waals surface area (Å²) in [5.74, 6) is 0. The van der Waals surface area contributed by atoms with Crippen molar-refractivity contribution in [3.8, 4) is 27.9 Å². The van der Waals surface area contributed by atoms with Gasteiger partial charge >= 0.3 is 0 Å². The highest BCUT2D eigenvalue weighted by Crippen LogP contribution is 2.44. The maximum atomic E-state index is 2.44. The van der Waals surface area contributed by atoms with Gasteiger partial charge in [-0.2, -0.15) is 0 Å². The molecule has 52 heavy (non-hydrogen) atoms. The minimum Gasteiger partial charge on any atom is -0.309 e. The molecule has 0 aliphatic heterocycles. The molecule has 0 aliphatic carbocycles. The van der Waals surface area contributed by atoms with E-state index in [0.717, 1.165) is 17.1 Å². The van der Waals surface area contributed by atoms with Crippen LogP contribution in [0.5, 0.6) is 0 Å². The molecule has 1 aromatic heterocycles. The molecule has 9 aromatic carbocycles. The Balaban J connectivity index is 1.17. The summed E-state index contributed by atoms with van der Waals surface area (Å²) in [5, 5.41) is 7.34. The van der Waals surface area contributed by atoms with E-state index in [4.69, 9.17) is 0 Å². The van der Waals surface area contributed by atoms with Crippen molar-refractivity contribution in [2.24, 2.45) is 0 Å². The van der Waals surface area contributed by atoms with Crippen molar-refractivity contribution in [3.05, 3.63) is 206 Å². The van der Waals surface area contributed by atoms with E-state index in [2.05, 4.69) is 216 Å². The van der Waals surface area contributed by atoms with E-state index in [1.165, 1.54) is 71.3 Å². The van der Waals surface area contributed by atoms with Gasteiger partial charge in [-0.1, -0.05) is 158 Å². The Bertz CT molecular complexity index is 2840. The van der Waals surface area contributed by atoms with Gasteiger partial charge in [0.1, 0.15) is 0 Å². The van der Waals surface area contributed by atoms with Crippen LogP contribution in [0.25, 0.3) is 71.3 Å². The molecule has 0 bridgehead atoms. The summed E-state index contributed by atoms with van der Waals surface area (Å²) < 4.78 is 2.43. The Morgan fingerprint density at radius 2 is 0.808 bits per heavy atom. The average Bonchev–Trinajstić information content (AvgIpc) is 3.56. The first-order valence-corrected chi connectivity index (χ1v) is 17.9. The Morgan fingerprint density at radius 3 is 1.52 bits per heavy atom. The smallest absolute Gasteiger partial charge is 0.0542 e. The number of para-hydroxylation sites is 2. The fourth-order valence-electron chi connectivity index (χ4n) is 7.96. The molecule has 0 saturated carbocycles. The van der Waals surface area contributed by atoms with Gasteiger partial charge in [0.05, 0.1) is 28.1 Å². The molecule has 0 radical (unpaired) electrons. The molecule has 0 unspecified atom stereocenters. The Morgan fingerprint density at radius 1 is 0.308 bits per heavy atom. The fourth-order valence-corrected chi connectivity index (χ4v) is 7.96. The van der Waals surface area contributed by atoms with E-state index in [-0.39, 0.29) is 0 Å². The molecule has 0 fully saturated rings. The number of aromatic nitrogens is 1. The zero-order valence-electron chi connectivity index (χ0n) is 28.5. The molecule has 2 heteroatoms. The molecule has 0 N–H and O–H groups in total. The number of hydrogen-bond donors (Lipinski definition) is 0. The predicted octanol–water partition coefficient (Wildman–Crippen LogP) is 13.9. The lowest BCUT2D eigenvalue weighted by atomic mass is 9.98. The Hall–Kier alpha value is -6.90. The van der Waals surface area contributed by atoms with Crippen molar-refractivity contribution in [3.63, 3.8) is 0 Å². The summed E-state index contributed by atoms with van der Waals surface area (Å²) in [4.78, 5) is 2.44. The molecular formula is C50H34N2. The van der Waals surface area contributed by atoms with E-state index >= 15 is 0 Å². The second-order valence-corrected chi connectivity index (χ2v) is 13.3. The zero-order valence-corrected chi connectivity index (χ0v) is 28.5. The van der Waals surface area contributed by atoms with Gasteiger partial charge in [-0.25, -0.2) is 0 Å². The topological polar surface area (TPSA) is 8.17 Å². The van der Waals surface area contributed by atoms with Gasteiger partial charge in [0.25, 0.3) is 0 Å². The first-order valence-electron chi connectivity index (χ1n) is 17.9. The van der Waals surface area contributed by atoms with Gasteiger partial charge in [-0.05, 0) is 76.2 Å². The van der Waals surface area contributed by atoms with Crippen molar-refractivity contribution in [1.29, 1.82) is 0 Å². The second kappa shape index (κ2) is 12.5. The summed E-state index contributed by atoms with van der Waals surface area (Å²) in [6.07, 6.45) is 0. The molecule has 10 aromatic rings. The lowest BCUT2D eigenvalue weighted by Crippen LogP contribution is -2.11. The average molecular weight is 663 g/mol. The summed E-state index contributed by atoms with van der Waals surface area (Å²) in [7, 11) is 0. The van der Waals surface area contributed by atoms with E-state index in [1.807, 2.05) is 0 Å². The van der Waals surface area contributed by atoms with Crippen LogP contribution in [0.1, 0.15) is 0 Å². The van der Waals surface area contributed by atoms with E-state index in [9.17, 15) is 0 Å². The van der Waals surface area contributed by atoms with Crippen molar-refractivity contribution >= 4 is 60.4 Å². The van der Waals surface area contributed by atoms with Gasteiger partial charge in [0, 0.05) is 32.6 Å². The van der Waals surface area contributed by atoms with Crippen LogP contribution in [0.3, 0.4) is 0 Å². The van der Waals surface area contributed by atoms with Crippen LogP contribution in [0.4, 0.5) is 17.1 Å². The number of nitrogens with zero attached hydrogens (tertiary/aromatic N) is 2. The first-order chi connectivity index (χ1) is 25.8. The van der Waals surface area contributed by atoms with Crippen LogP contribution in [-0.4, -0.2) is 4.57 Å². The molecule has 0 amide bonds. The lowest BCUT2D eigenvalue weighted by Gasteiger charge is -2.29. The van der Waals surface area contributed by atoms with Crippen LogP contribution in [0.15, 0.2) is 206 Å². The highest BCUT2D eigenvalue weighted by atomic mass is 15.1. The molecule has 0 spiro atoms. The van der Waals surface area contributed by atoms with E-state index in [0.29, 0.717) is 0 Å². The molecular weight excluding hydrogens is 629 g/mol. The van der Waals surface area contributed by atoms with Gasteiger partial charge in [-0.3, -0.25) is 0 Å². The Labute approximate surface area is 303 Å². The molecule has 0 aliphatic rings. The molecule has 1 heterocycles. The number of rotatable bonds is 6. The van der Waals surface area contributed by atoms with Crippen LogP contribution >= 0.6 is 0 Å². The maximum Gasteiger partial charge on any atom is 0.0542 e. The third kappa shape index (κ3) is 4.96. The third-order valence-electron chi connectivity index (χ3n) is 10.4. The van der Waals surface area contributed by atoms with E-state index < -0.39 is 0 Å². The lowest BCUT2D eigenvalue weighted by molar-refractivity contribution is 1.19. The Kier molecular flexibility index (Phi) is 7.18. The monoisotopic (exact) mass is 662 g/mol. The van der Waals surface area contributed by atoms with Gasteiger partial charge in [0.15, 0.2) is 0 Å². The molecule has 10 rings (SSSR count). The third-order valence-corrected chi connectivity index (χ3v) is 10.4. The van der Waals surface area contributed by atoms with Gasteiger partial charge in [0.2, 0.25) is 0 Å². The minimum absolute atomic E-state index is 1.11. The molecule has 2 nitrogen and oxygen atoms in total. The van der Waals surface area contributed by atoms with Gasteiger partial charge < -0.3 is 9.47 Å². The fraction of sp³-hybridized carbons (Fsp3) is 0. The highest BCUT2D eigenvalue weighted by Gasteiger charge is 2.21. The SMILES string of the molecule is c1ccc(-c2cccc(-c3ccc(N(c4cccc5ccccc45)c4ccc(-n5c6ccccc6c6ccccc65)c5ccccc45)cc3)c2)cc1. The maximum absolute atomic E-state index is 2.44. The van der Waals surface area contributed by atoms with Crippen LogP contribution in [0, 0.1) is 0 Å². The normalized spacial score (nSPS) is 11.5. The van der Waals surface area contributed by atoms with Crippen molar-refractivity contribution in [2.75, 3.05) is 4.90 Å². The number of benzene rings is 9. The van der Waals surface area contributed by atoms with Crippen LogP contribution in [-0.2, 0) is 0 Å². The first kappa shape index (κ1) is 30.0. The number of hydrogen-bond acceptors (Lipinski definition) is 1. The summed E-state index contributed by atoms with van der Waals surface area (Å²) >= 11 is 0. The second-order valence-electron chi connectivity index (χ2n) is 13.3. The number of anilines is 3. The van der Waals surface area contributed by atoms with E-state index in [1.54, 1.807) is 0 Å². The summed E-state index contributed by atoms with van der Waals surface area (Å²) in [6, 6.07) is 74.7. The number of fused-ring (bicyclic) bond motifs is 5. The standard InChI is InChI=1S/C50H34N2/c1-2-14-35(15-3-1)38-18-12-19-39(34-38)36-28-30-40(31-29-36)51(46-27-13-17-37-16-4-5-20-41(37)46)49-32-33-50(45-22-7-6-21-44(45)49)52-47-25-10-8-23-42(47)43-24-9-11-26-48(43)52/h1-34H. The van der Waals surface area contributed by atoms with Crippen molar-refractivity contribution in [2.45, 2.75) is 0 Å². The summed E-state index contributed by atoms with van der Waals surface area (Å²) in [6.45, 7) is 0. The zero-order chi connectivity index (χ0) is 34.4. The summed E-state index contributed by atoms with van der Waals surface area (Å²) in [5.41, 5.74) is 11.8. The van der Waals surface area contributed by atoms with Crippen molar-refractivity contribution in [1.82, 2.24) is 4.57 Å². The van der Waals surface area contributed by atoms with Crippen LogP contribution in [0.2, 0.25) is 0 Å². The molecule has 244 valence electrons. The highest BCUT2D eigenvalue weighted by molar-refractivity contribution is 6.12. The van der Waals surface area contributed by atoms with Gasteiger partial charge in [-0.15, -0.1) is 0 Å². The van der Waals surface area contributed by atoms with Crippen LogP contribution < -0.4 is 4.90 Å². The molecule has 0 saturated heterocycles. The minimum atomic E-state index is 1.11.